The molecule has 0 bridgehead atoms. The van der Waals surface area contributed by atoms with E-state index in [0.717, 1.165) is 29.8 Å². The number of carboxylic acid groups (broad SMARTS) is 1. The number of benzene rings is 1. The highest BCUT2D eigenvalue weighted by Crippen LogP contribution is 2.35. The zero-order valence-corrected chi connectivity index (χ0v) is 29.1. The van der Waals surface area contributed by atoms with Gasteiger partial charge in [0.05, 0.1) is 24.2 Å². The molecule has 3 unspecified atom stereocenters. The van der Waals surface area contributed by atoms with E-state index in [4.69, 9.17) is 0 Å². The lowest BCUT2D eigenvalue weighted by atomic mass is 9.95. The summed E-state index contributed by atoms with van der Waals surface area (Å²) < 4.78 is 55.2. The molecule has 1 saturated heterocycles. The molecule has 1 heterocycles. The summed E-state index contributed by atoms with van der Waals surface area (Å²) in [6, 6.07) is 4.18. The van der Waals surface area contributed by atoms with Crippen LogP contribution in [0.2, 0.25) is 0 Å². The zero-order valence-electron chi connectivity index (χ0n) is 29.1. The SMILES string of the molecule is C=C/C(C)=C\C/C=C(\C(=C)NC)C(CC(=O)O)N(c1cccc(C(F)(F)F)c1)C(C)N1CCN(C(/C=C\C(C)F)=C/CC)CC1.CC. The number of carbonyl (C=O) groups is 1. The van der Waals surface area contributed by atoms with Gasteiger partial charge >= 0.3 is 12.1 Å². The van der Waals surface area contributed by atoms with Gasteiger partial charge in [-0.15, -0.1) is 0 Å². The van der Waals surface area contributed by atoms with Gasteiger partial charge in [0.2, 0.25) is 0 Å². The minimum Gasteiger partial charge on any atom is -0.481 e. The van der Waals surface area contributed by atoms with Crippen LogP contribution in [0.4, 0.5) is 23.2 Å². The standard InChI is InChI=1S/C35H48F4N4O2.C2H6/c1-8-12-30(18-17-26(4)36)42-21-19-41(20-22-42)28(6)43(31-15-11-14-29(23-31)35(37,38)39)33(24-34(44)45)32(27(5)40-7)16-10-13-25(3)9-2;1-2/h9,11-18,23,26,28,33,40H,2,5,8,10,19-22,24H2,1,3-4,6-7H3,(H,44,45);1-2H3/b18-17-,25-13-,30-12+,32-16+;. The van der Waals surface area contributed by atoms with Gasteiger partial charge in [0.1, 0.15) is 6.17 Å². The van der Waals surface area contributed by atoms with Gasteiger partial charge in [0, 0.05) is 50.3 Å². The van der Waals surface area contributed by atoms with E-state index in [1.165, 1.54) is 19.1 Å². The molecule has 2 N–H and O–H groups in total. The number of alkyl halides is 4. The Kier molecular flexibility index (Phi) is 17.9. The molecule has 1 aliphatic rings. The quantitative estimate of drug-likeness (QED) is 0.136. The second kappa shape index (κ2) is 20.4. The third-order valence-electron chi connectivity index (χ3n) is 7.84. The number of likely N-dealkylation sites (N-methyl/N-ethyl adjacent to an activating group) is 1. The molecule has 6 nitrogen and oxygen atoms in total. The average Bonchev–Trinajstić information content (AvgIpc) is 3.04. The predicted molar refractivity (Wildman–Crippen MR) is 187 cm³/mol. The molecule has 262 valence electrons. The van der Waals surface area contributed by atoms with Crippen LogP contribution in [0.5, 0.6) is 0 Å². The summed E-state index contributed by atoms with van der Waals surface area (Å²) >= 11 is 0. The van der Waals surface area contributed by atoms with Crippen LogP contribution >= 0.6 is 0 Å². The average molecular weight is 663 g/mol. The summed E-state index contributed by atoms with van der Waals surface area (Å²) in [5.74, 6) is -1.09. The maximum atomic E-state index is 13.9. The largest absolute Gasteiger partial charge is 0.481 e. The first-order valence-electron chi connectivity index (χ1n) is 16.3. The van der Waals surface area contributed by atoms with Crippen LogP contribution in [0.1, 0.15) is 66.4 Å². The van der Waals surface area contributed by atoms with Gasteiger partial charge in [-0.25, -0.2) is 4.39 Å². The molecule has 3 atom stereocenters. The first-order valence-corrected chi connectivity index (χ1v) is 16.3. The normalized spacial score (nSPS) is 17.0. The molecule has 47 heavy (non-hydrogen) atoms. The minimum atomic E-state index is -4.58. The van der Waals surface area contributed by atoms with E-state index in [1.54, 1.807) is 30.2 Å². The number of rotatable bonds is 16. The maximum absolute atomic E-state index is 13.9. The summed E-state index contributed by atoms with van der Waals surface area (Å²) in [4.78, 5) is 18.4. The smallest absolute Gasteiger partial charge is 0.416 e. The summed E-state index contributed by atoms with van der Waals surface area (Å²) in [5, 5.41) is 13.1. The van der Waals surface area contributed by atoms with Gasteiger partial charge < -0.3 is 20.2 Å². The Morgan fingerprint density at radius 2 is 1.77 bits per heavy atom. The topological polar surface area (TPSA) is 59.1 Å². The predicted octanol–water partition coefficient (Wildman–Crippen LogP) is 8.73. The second-order valence-corrected chi connectivity index (χ2v) is 11.1. The van der Waals surface area contributed by atoms with Crippen LogP contribution in [0.25, 0.3) is 0 Å². The fourth-order valence-corrected chi connectivity index (χ4v) is 5.35. The van der Waals surface area contributed by atoms with Crippen molar-refractivity contribution in [3.05, 3.63) is 102 Å². The van der Waals surface area contributed by atoms with Crippen LogP contribution in [0, 0.1) is 0 Å². The van der Waals surface area contributed by atoms with Crippen molar-refractivity contribution in [3.63, 3.8) is 0 Å². The van der Waals surface area contributed by atoms with Crippen molar-refractivity contribution in [2.75, 3.05) is 38.1 Å². The number of piperazine rings is 1. The van der Waals surface area contributed by atoms with Crippen LogP contribution in [0.15, 0.2) is 96.4 Å². The number of hydrogen-bond acceptors (Lipinski definition) is 5. The molecule has 0 aromatic heterocycles. The molecule has 1 fully saturated rings. The number of carboxylic acids is 1. The number of allylic oxidation sites excluding steroid dienone is 7. The van der Waals surface area contributed by atoms with Crippen LogP contribution in [-0.4, -0.2) is 72.5 Å². The molecule has 2 rings (SSSR count). The molecule has 10 heteroatoms. The highest BCUT2D eigenvalue weighted by molar-refractivity contribution is 5.70. The van der Waals surface area contributed by atoms with Gasteiger partial charge in [0.15, 0.2) is 0 Å². The van der Waals surface area contributed by atoms with Gasteiger partial charge in [-0.1, -0.05) is 69.9 Å². The zero-order chi connectivity index (χ0) is 35.7. The molecule has 1 aromatic carbocycles. The molecule has 1 aliphatic heterocycles. The van der Waals surface area contributed by atoms with Crippen molar-refractivity contribution in [2.24, 2.45) is 0 Å². The molecule has 0 amide bonds. The van der Waals surface area contributed by atoms with Crippen molar-refractivity contribution < 1.29 is 27.5 Å². The number of hydrogen-bond donors (Lipinski definition) is 2. The summed E-state index contributed by atoms with van der Waals surface area (Å²) in [7, 11) is 1.68. The Labute approximate surface area is 279 Å². The van der Waals surface area contributed by atoms with Crippen molar-refractivity contribution in [1.29, 1.82) is 0 Å². The van der Waals surface area contributed by atoms with Crippen molar-refractivity contribution >= 4 is 11.7 Å². The molecule has 0 saturated carbocycles. The van der Waals surface area contributed by atoms with Crippen molar-refractivity contribution in [1.82, 2.24) is 15.1 Å². The fourth-order valence-electron chi connectivity index (χ4n) is 5.35. The number of nitrogens with zero attached hydrogens (tertiary/aromatic N) is 3. The van der Waals surface area contributed by atoms with Gasteiger partial charge in [-0.05, 0) is 69.5 Å². The van der Waals surface area contributed by atoms with Crippen LogP contribution in [0.3, 0.4) is 0 Å². The lowest BCUT2D eigenvalue weighted by Crippen LogP contribution is -2.58. The highest BCUT2D eigenvalue weighted by atomic mass is 19.4. The lowest BCUT2D eigenvalue weighted by Gasteiger charge is -2.47. The summed E-state index contributed by atoms with van der Waals surface area (Å²) in [6.07, 6.45) is 5.56. The third kappa shape index (κ3) is 13.1. The van der Waals surface area contributed by atoms with E-state index in [9.17, 15) is 27.5 Å². The van der Waals surface area contributed by atoms with E-state index in [1.807, 2.05) is 52.8 Å². The molecule has 0 spiro atoms. The summed E-state index contributed by atoms with van der Waals surface area (Å²) in [5.41, 5.74) is 2.35. The Morgan fingerprint density at radius 1 is 1.13 bits per heavy atom. The van der Waals surface area contributed by atoms with Gasteiger partial charge in [0.25, 0.3) is 0 Å². The molecule has 0 radical (unpaired) electrons. The van der Waals surface area contributed by atoms with Crippen LogP contribution in [-0.2, 0) is 11.0 Å². The van der Waals surface area contributed by atoms with Crippen molar-refractivity contribution in [3.8, 4) is 0 Å². The molecular formula is C37H54F4N4O2. The Hall–Kier alpha value is -3.79. The van der Waals surface area contributed by atoms with E-state index in [-0.39, 0.29) is 12.1 Å². The van der Waals surface area contributed by atoms with Crippen molar-refractivity contribution in [2.45, 2.75) is 85.4 Å². The molecule has 1 aromatic rings. The first kappa shape index (κ1) is 41.2. The number of halogens is 4. The number of aliphatic carboxylic acids is 1. The lowest BCUT2D eigenvalue weighted by molar-refractivity contribution is -0.138. The minimum absolute atomic E-state index is 0.255. The highest BCUT2D eigenvalue weighted by Gasteiger charge is 2.36. The molecule has 0 aliphatic carbocycles. The Balaban J connectivity index is 0.00000541. The third-order valence-corrected chi connectivity index (χ3v) is 7.84. The Morgan fingerprint density at radius 3 is 2.28 bits per heavy atom. The Bertz CT molecular complexity index is 1280. The second-order valence-electron chi connectivity index (χ2n) is 11.1. The number of anilines is 1. The van der Waals surface area contributed by atoms with Gasteiger partial charge in [-0.3, -0.25) is 9.69 Å². The van der Waals surface area contributed by atoms with Gasteiger partial charge in [-0.2, -0.15) is 13.2 Å². The van der Waals surface area contributed by atoms with E-state index in [0.29, 0.717) is 43.9 Å². The van der Waals surface area contributed by atoms with E-state index >= 15 is 0 Å². The summed E-state index contributed by atoms with van der Waals surface area (Å²) in [6.45, 7) is 21.5. The monoisotopic (exact) mass is 662 g/mol. The first-order chi connectivity index (χ1) is 22.2. The van der Waals surface area contributed by atoms with E-state index in [2.05, 4.69) is 28.3 Å². The van der Waals surface area contributed by atoms with Crippen LogP contribution < -0.4 is 10.2 Å². The number of nitrogens with one attached hydrogen (secondary N) is 1. The molecular weight excluding hydrogens is 608 g/mol. The maximum Gasteiger partial charge on any atom is 0.416 e. The van der Waals surface area contributed by atoms with E-state index < -0.39 is 36.1 Å². The fraction of sp³-hybridized carbons (Fsp3) is 0.486.